The molecular formula is C23H31NO2. The Hall–Kier alpha value is -2.29. The van der Waals surface area contributed by atoms with Gasteiger partial charge < -0.3 is 10.1 Å². The van der Waals surface area contributed by atoms with Gasteiger partial charge in [0.25, 0.3) is 5.91 Å². The molecule has 0 aliphatic rings. The Morgan fingerprint density at radius 2 is 1.73 bits per heavy atom. The van der Waals surface area contributed by atoms with E-state index in [0.717, 1.165) is 12.2 Å². The Bertz CT molecular complexity index is 719. The minimum absolute atomic E-state index is 0.0514. The molecule has 3 nitrogen and oxygen atoms in total. The Morgan fingerprint density at radius 1 is 1.04 bits per heavy atom. The van der Waals surface area contributed by atoms with Crippen LogP contribution in [0.1, 0.15) is 55.4 Å². The normalized spacial score (nSPS) is 12.1. The van der Waals surface area contributed by atoms with Gasteiger partial charge in [0.1, 0.15) is 5.75 Å². The summed E-state index contributed by atoms with van der Waals surface area (Å²) in [6.45, 7) is 11.1. The van der Waals surface area contributed by atoms with Crippen molar-refractivity contribution < 1.29 is 9.53 Å². The Labute approximate surface area is 157 Å². The topological polar surface area (TPSA) is 38.3 Å². The summed E-state index contributed by atoms with van der Waals surface area (Å²) in [5.41, 5.74) is 4.96. The van der Waals surface area contributed by atoms with Crippen molar-refractivity contribution in [3.05, 3.63) is 64.7 Å². The fraction of sp³-hybridized carbons (Fsp3) is 0.435. The van der Waals surface area contributed by atoms with Crippen LogP contribution in [0, 0.1) is 13.8 Å². The first-order valence-electron chi connectivity index (χ1n) is 9.51. The summed E-state index contributed by atoms with van der Waals surface area (Å²) < 4.78 is 5.89. The Balaban J connectivity index is 1.85. The minimum Gasteiger partial charge on any atom is -0.481 e. The van der Waals surface area contributed by atoms with Crippen molar-refractivity contribution in [2.45, 2.75) is 59.5 Å². The standard InChI is InChI=1S/C23H31NO2/c1-6-22(26-21-12-7-17(4)18(5)15-21)23(25)24-14-13-19-8-10-20(11-9-19)16(2)3/h7-12,15-16,22H,6,13-14H2,1-5H3,(H,24,25)/t22-/m1/s1. The first kappa shape index (κ1) is 20.0. The van der Waals surface area contributed by atoms with Gasteiger partial charge in [0.05, 0.1) is 0 Å². The van der Waals surface area contributed by atoms with Gasteiger partial charge in [-0.25, -0.2) is 0 Å². The molecule has 0 heterocycles. The molecule has 0 aromatic heterocycles. The number of ether oxygens (including phenoxy) is 1. The van der Waals surface area contributed by atoms with Crippen molar-refractivity contribution >= 4 is 5.91 Å². The molecule has 0 bridgehead atoms. The zero-order valence-electron chi connectivity index (χ0n) is 16.6. The first-order valence-corrected chi connectivity index (χ1v) is 9.51. The number of rotatable bonds is 8. The van der Waals surface area contributed by atoms with E-state index in [1.165, 1.54) is 22.3 Å². The van der Waals surface area contributed by atoms with Crippen LogP contribution in [0.5, 0.6) is 5.75 Å². The lowest BCUT2D eigenvalue weighted by atomic mass is 10.0. The number of carbonyl (C=O) groups excluding carboxylic acids is 1. The monoisotopic (exact) mass is 353 g/mol. The second-order valence-electron chi connectivity index (χ2n) is 7.20. The zero-order chi connectivity index (χ0) is 19.1. The number of nitrogens with one attached hydrogen (secondary N) is 1. The summed E-state index contributed by atoms with van der Waals surface area (Å²) >= 11 is 0. The largest absolute Gasteiger partial charge is 0.481 e. The second kappa shape index (κ2) is 9.42. The summed E-state index contributed by atoms with van der Waals surface area (Å²) in [6.07, 6.45) is 1.01. The highest BCUT2D eigenvalue weighted by Gasteiger charge is 2.18. The molecule has 2 aromatic carbocycles. The van der Waals surface area contributed by atoms with E-state index in [0.29, 0.717) is 18.9 Å². The molecule has 0 unspecified atom stereocenters. The van der Waals surface area contributed by atoms with E-state index >= 15 is 0 Å². The first-order chi connectivity index (χ1) is 12.4. The third-order valence-electron chi connectivity index (χ3n) is 4.78. The fourth-order valence-electron chi connectivity index (χ4n) is 2.79. The average Bonchev–Trinajstić information content (AvgIpc) is 2.62. The molecule has 0 aliphatic heterocycles. The van der Waals surface area contributed by atoms with Crippen molar-refractivity contribution in [2.75, 3.05) is 6.54 Å². The lowest BCUT2D eigenvalue weighted by Gasteiger charge is -2.18. The number of carbonyl (C=O) groups is 1. The van der Waals surface area contributed by atoms with Gasteiger partial charge in [-0.15, -0.1) is 0 Å². The van der Waals surface area contributed by atoms with Crippen molar-refractivity contribution in [3.63, 3.8) is 0 Å². The predicted molar refractivity (Wildman–Crippen MR) is 108 cm³/mol. The van der Waals surface area contributed by atoms with Gasteiger partial charge in [-0.2, -0.15) is 0 Å². The van der Waals surface area contributed by atoms with Crippen molar-refractivity contribution in [2.24, 2.45) is 0 Å². The van der Waals surface area contributed by atoms with Crippen LogP contribution in [0.4, 0.5) is 0 Å². The van der Waals surface area contributed by atoms with E-state index in [9.17, 15) is 4.79 Å². The smallest absolute Gasteiger partial charge is 0.261 e. The van der Waals surface area contributed by atoms with Crippen LogP contribution in [-0.4, -0.2) is 18.6 Å². The molecule has 2 aromatic rings. The average molecular weight is 354 g/mol. The molecule has 140 valence electrons. The quantitative estimate of drug-likeness (QED) is 0.730. The predicted octanol–water partition coefficient (Wildman–Crippen LogP) is 4.94. The summed E-state index contributed by atoms with van der Waals surface area (Å²) in [5, 5.41) is 3.00. The van der Waals surface area contributed by atoms with E-state index in [1.807, 2.05) is 32.0 Å². The molecule has 3 heteroatoms. The van der Waals surface area contributed by atoms with Gasteiger partial charge in [0, 0.05) is 6.54 Å². The van der Waals surface area contributed by atoms with Gasteiger partial charge in [0.15, 0.2) is 6.10 Å². The third kappa shape index (κ3) is 5.62. The number of aryl methyl sites for hydroxylation is 2. The number of hydrogen-bond acceptors (Lipinski definition) is 2. The van der Waals surface area contributed by atoms with Crippen molar-refractivity contribution in [1.82, 2.24) is 5.32 Å². The van der Waals surface area contributed by atoms with E-state index in [1.54, 1.807) is 0 Å². The fourth-order valence-corrected chi connectivity index (χ4v) is 2.79. The highest BCUT2D eigenvalue weighted by atomic mass is 16.5. The van der Waals surface area contributed by atoms with Gasteiger partial charge in [0.2, 0.25) is 0 Å². The maximum atomic E-state index is 12.4. The summed E-state index contributed by atoms with van der Waals surface area (Å²) in [7, 11) is 0. The highest BCUT2D eigenvalue weighted by molar-refractivity contribution is 5.81. The molecule has 0 saturated carbocycles. The Morgan fingerprint density at radius 3 is 2.31 bits per heavy atom. The van der Waals surface area contributed by atoms with Crippen molar-refractivity contribution in [3.8, 4) is 5.75 Å². The van der Waals surface area contributed by atoms with Gasteiger partial charge in [-0.3, -0.25) is 4.79 Å². The van der Waals surface area contributed by atoms with Crippen LogP contribution in [0.3, 0.4) is 0 Å². The zero-order valence-corrected chi connectivity index (χ0v) is 16.6. The van der Waals surface area contributed by atoms with E-state index in [4.69, 9.17) is 4.74 Å². The van der Waals surface area contributed by atoms with Crippen LogP contribution >= 0.6 is 0 Å². The maximum absolute atomic E-state index is 12.4. The highest BCUT2D eigenvalue weighted by Crippen LogP contribution is 2.19. The van der Waals surface area contributed by atoms with E-state index in [2.05, 4.69) is 50.4 Å². The van der Waals surface area contributed by atoms with Crippen LogP contribution in [-0.2, 0) is 11.2 Å². The molecule has 2 rings (SSSR count). The lowest BCUT2D eigenvalue weighted by molar-refractivity contribution is -0.128. The van der Waals surface area contributed by atoms with Crippen LogP contribution in [0.2, 0.25) is 0 Å². The molecule has 1 atom stereocenters. The van der Waals surface area contributed by atoms with Gasteiger partial charge in [-0.05, 0) is 67.0 Å². The molecular weight excluding hydrogens is 322 g/mol. The van der Waals surface area contributed by atoms with Gasteiger partial charge >= 0.3 is 0 Å². The number of amides is 1. The summed E-state index contributed by atoms with van der Waals surface area (Å²) in [5.74, 6) is 1.24. The SMILES string of the molecule is CC[C@@H](Oc1ccc(C)c(C)c1)C(=O)NCCc1ccc(C(C)C)cc1. The number of hydrogen-bond donors (Lipinski definition) is 1. The van der Waals surface area contributed by atoms with E-state index < -0.39 is 6.10 Å². The minimum atomic E-state index is -0.458. The summed E-state index contributed by atoms with van der Waals surface area (Å²) in [6, 6.07) is 14.6. The molecule has 0 spiro atoms. The number of benzene rings is 2. The molecule has 1 amide bonds. The molecule has 0 fully saturated rings. The second-order valence-corrected chi connectivity index (χ2v) is 7.20. The lowest BCUT2D eigenvalue weighted by Crippen LogP contribution is -2.38. The van der Waals surface area contributed by atoms with Crippen LogP contribution in [0.25, 0.3) is 0 Å². The summed E-state index contributed by atoms with van der Waals surface area (Å²) in [4.78, 5) is 12.4. The van der Waals surface area contributed by atoms with E-state index in [-0.39, 0.29) is 5.91 Å². The van der Waals surface area contributed by atoms with Crippen molar-refractivity contribution in [1.29, 1.82) is 0 Å². The molecule has 0 radical (unpaired) electrons. The molecule has 0 saturated heterocycles. The molecule has 0 aliphatic carbocycles. The molecule has 1 N–H and O–H groups in total. The maximum Gasteiger partial charge on any atom is 0.261 e. The van der Waals surface area contributed by atoms with Gasteiger partial charge in [-0.1, -0.05) is 51.1 Å². The molecule has 26 heavy (non-hydrogen) atoms. The Kier molecular flexibility index (Phi) is 7.26. The van der Waals surface area contributed by atoms with Crippen LogP contribution in [0.15, 0.2) is 42.5 Å². The van der Waals surface area contributed by atoms with Crippen LogP contribution < -0.4 is 10.1 Å². The third-order valence-corrected chi connectivity index (χ3v) is 4.78.